The number of hydrogen-bond acceptors (Lipinski definition) is 4. The topological polar surface area (TPSA) is 51.5 Å². The van der Waals surface area contributed by atoms with Crippen molar-refractivity contribution >= 4 is 5.65 Å². The highest BCUT2D eigenvalue weighted by atomic mass is 16.5. The van der Waals surface area contributed by atoms with E-state index in [0.717, 1.165) is 35.9 Å². The first kappa shape index (κ1) is 13.6. The Morgan fingerprint density at radius 3 is 2.90 bits per heavy atom. The van der Waals surface area contributed by atoms with Gasteiger partial charge in [-0.1, -0.05) is 13.0 Å². The predicted molar refractivity (Wildman–Crippen MR) is 81.1 cm³/mol. The van der Waals surface area contributed by atoms with Crippen molar-refractivity contribution in [3.05, 3.63) is 60.3 Å². The van der Waals surface area contributed by atoms with Crippen LogP contribution < -0.4 is 10.1 Å². The molecule has 21 heavy (non-hydrogen) atoms. The van der Waals surface area contributed by atoms with Crippen molar-refractivity contribution < 1.29 is 4.74 Å². The van der Waals surface area contributed by atoms with E-state index >= 15 is 0 Å². The molecule has 0 amide bonds. The van der Waals surface area contributed by atoms with Gasteiger partial charge in [0.2, 0.25) is 0 Å². The van der Waals surface area contributed by atoms with Gasteiger partial charge in [0.1, 0.15) is 18.0 Å². The zero-order valence-corrected chi connectivity index (χ0v) is 12.0. The summed E-state index contributed by atoms with van der Waals surface area (Å²) < 4.78 is 7.70. The maximum atomic E-state index is 5.72. The van der Waals surface area contributed by atoms with Crippen LogP contribution in [0.2, 0.25) is 0 Å². The van der Waals surface area contributed by atoms with Crippen LogP contribution in [0.25, 0.3) is 5.65 Å². The second-order valence-electron chi connectivity index (χ2n) is 4.75. The minimum atomic E-state index is 0.440. The molecule has 0 atom stereocenters. The molecule has 3 aromatic rings. The summed E-state index contributed by atoms with van der Waals surface area (Å²) in [5.41, 5.74) is 2.84. The molecule has 0 saturated heterocycles. The molecule has 0 radical (unpaired) electrons. The molecule has 0 aliphatic carbocycles. The summed E-state index contributed by atoms with van der Waals surface area (Å²) in [7, 11) is 0. The van der Waals surface area contributed by atoms with Gasteiger partial charge in [-0.3, -0.25) is 4.98 Å². The van der Waals surface area contributed by atoms with E-state index in [1.165, 1.54) is 0 Å². The van der Waals surface area contributed by atoms with Gasteiger partial charge in [-0.15, -0.1) is 0 Å². The van der Waals surface area contributed by atoms with Gasteiger partial charge < -0.3 is 14.5 Å². The first-order valence-corrected chi connectivity index (χ1v) is 7.06. The number of fused-ring (bicyclic) bond motifs is 1. The third-order valence-electron chi connectivity index (χ3n) is 3.15. The average Bonchev–Trinajstić information content (AvgIpc) is 2.95. The number of hydrogen-bond donors (Lipinski definition) is 1. The van der Waals surface area contributed by atoms with Crippen molar-refractivity contribution in [1.29, 1.82) is 0 Å². The number of aromatic nitrogens is 3. The van der Waals surface area contributed by atoms with Crippen molar-refractivity contribution in [3.8, 4) is 5.75 Å². The molecule has 0 fully saturated rings. The summed E-state index contributed by atoms with van der Waals surface area (Å²) in [6.45, 7) is 4.24. The van der Waals surface area contributed by atoms with Gasteiger partial charge in [0.15, 0.2) is 0 Å². The van der Waals surface area contributed by atoms with Crippen LogP contribution in [0.15, 0.2) is 48.9 Å². The van der Waals surface area contributed by atoms with Gasteiger partial charge in [-0.2, -0.15) is 0 Å². The van der Waals surface area contributed by atoms with E-state index in [1.54, 1.807) is 6.20 Å². The Morgan fingerprint density at radius 2 is 2.14 bits per heavy atom. The molecule has 3 heterocycles. The molecule has 0 saturated carbocycles. The number of rotatable bonds is 6. The molecule has 0 aliphatic rings. The van der Waals surface area contributed by atoms with E-state index < -0.39 is 0 Å². The smallest absolute Gasteiger partial charge is 0.138 e. The van der Waals surface area contributed by atoms with Crippen LogP contribution in [0, 0.1) is 0 Å². The van der Waals surface area contributed by atoms with Crippen LogP contribution in [-0.4, -0.2) is 20.9 Å². The standard InChI is InChI=1S/C16H18N4O/c1-2-17-9-13-6-7-15(10-18-13)21-12-14-11-20-8-4-3-5-16(20)19-14/h3-8,10-11,17H,2,9,12H2,1H3. The van der Waals surface area contributed by atoms with Gasteiger partial charge in [-0.25, -0.2) is 4.98 Å². The van der Waals surface area contributed by atoms with Crippen molar-refractivity contribution in [2.24, 2.45) is 0 Å². The summed E-state index contributed by atoms with van der Waals surface area (Å²) in [5, 5.41) is 3.24. The summed E-state index contributed by atoms with van der Waals surface area (Å²) in [6.07, 6.45) is 5.70. The van der Waals surface area contributed by atoms with Gasteiger partial charge >= 0.3 is 0 Å². The lowest BCUT2D eigenvalue weighted by Gasteiger charge is -2.05. The molecule has 0 spiro atoms. The van der Waals surface area contributed by atoms with E-state index in [4.69, 9.17) is 4.74 Å². The third-order valence-corrected chi connectivity index (χ3v) is 3.15. The van der Waals surface area contributed by atoms with Crippen molar-refractivity contribution in [3.63, 3.8) is 0 Å². The van der Waals surface area contributed by atoms with Gasteiger partial charge in [0, 0.05) is 18.9 Å². The summed E-state index contributed by atoms with van der Waals surface area (Å²) in [4.78, 5) is 8.85. The summed E-state index contributed by atoms with van der Waals surface area (Å²) >= 11 is 0. The lowest BCUT2D eigenvalue weighted by molar-refractivity contribution is 0.300. The number of pyridine rings is 2. The van der Waals surface area contributed by atoms with Crippen LogP contribution in [-0.2, 0) is 13.2 Å². The Hall–Kier alpha value is -2.40. The minimum absolute atomic E-state index is 0.440. The highest BCUT2D eigenvalue weighted by Crippen LogP contribution is 2.12. The van der Waals surface area contributed by atoms with Gasteiger partial charge in [0.05, 0.1) is 17.6 Å². The Balaban J connectivity index is 1.61. The molecular formula is C16H18N4O. The molecule has 3 rings (SSSR count). The molecule has 5 nitrogen and oxygen atoms in total. The molecule has 0 aromatic carbocycles. The monoisotopic (exact) mass is 282 g/mol. The third kappa shape index (κ3) is 3.38. The van der Waals surface area contributed by atoms with Gasteiger partial charge in [-0.05, 0) is 30.8 Å². The molecule has 108 valence electrons. The van der Waals surface area contributed by atoms with Crippen molar-refractivity contribution in [2.75, 3.05) is 6.54 Å². The predicted octanol–water partition coefficient (Wildman–Crippen LogP) is 2.42. The summed E-state index contributed by atoms with van der Waals surface area (Å²) in [6, 6.07) is 9.84. The Kier molecular flexibility index (Phi) is 4.12. The molecule has 1 N–H and O–H groups in total. The number of ether oxygens (including phenoxy) is 1. The lowest BCUT2D eigenvalue weighted by atomic mass is 10.3. The first-order chi connectivity index (χ1) is 10.3. The Morgan fingerprint density at radius 1 is 1.19 bits per heavy atom. The highest BCUT2D eigenvalue weighted by molar-refractivity contribution is 5.39. The number of nitrogens with zero attached hydrogens (tertiary/aromatic N) is 3. The molecule has 5 heteroatoms. The molecular weight excluding hydrogens is 264 g/mol. The molecule has 0 bridgehead atoms. The highest BCUT2D eigenvalue weighted by Gasteiger charge is 2.02. The van der Waals surface area contributed by atoms with E-state index in [0.29, 0.717) is 6.61 Å². The molecule has 3 aromatic heterocycles. The fourth-order valence-corrected chi connectivity index (χ4v) is 2.07. The Labute approximate surface area is 123 Å². The minimum Gasteiger partial charge on any atom is -0.486 e. The van der Waals surface area contributed by atoms with Crippen LogP contribution in [0.1, 0.15) is 18.3 Å². The number of nitrogens with one attached hydrogen (secondary N) is 1. The van der Waals surface area contributed by atoms with Crippen molar-refractivity contribution in [1.82, 2.24) is 19.7 Å². The second-order valence-corrected chi connectivity index (χ2v) is 4.75. The first-order valence-electron chi connectivity index (χ1n) is 7.06. The maximum absolute atomic E-state index is 5.72. The fourth-order valence-electron chi connectivity index (χ4n) is 2.07. The maximum Gasteiger partial charge on any atom is 0.138 e. The second kappa shape index (κ2) is 6.37. The zero-order chi connectivity index (χ0) is 14.5. The van der Waals surface area contributed by atoms with E-state index in [-0.39, 0.29) is 0 Å². The van der Waals surface area contributed by atoms with E-state index in [9.17, 15) is 0 Å². The van der Waals surface area contributed by atoms with Crippen LogP contribution in [0.5, 0.6) is 5.75 Å². The lowest BCUT2D eigenvalue weighted by Crippen LogP contribution is -2.12. The SMILES string of the molecule is CCNCc1ccc(OCc2cn3ccccc3n2)cn1. The van der Waals surface area contributed by atoms with Crippen LogP contribution in [0.3, 0.4) is 0 Å². The van der Waals surface area contributed by atoms with Crippen molar-refractivity contribution in [2.45, 2.75) is 20.1 Å². The summed E-state index contributed by atoms with van der Waals surface area (Å²) in [5.74, 6) is 0.757. The molecule has 0 aliphatic heterocycles. The largest absolute Gasteiger partial charge is 0.486 e. The van der Waals surface area contributed by atoms with Gasteiger partial charge in [0.25, 0.3) is 0 Å². The quantitative estimate of drug-likeness (QED) is 0.754. The van der Waals surface area contributed by atoms with Crippen LogP contribution >= 0.6 is 0 Å². The average molecular weight is 282 g/mol. The van der Waals surface area contributed by atoms with E-state index in [1.807, 2.05) is 47.1 Å². The zero-order valence-electron chi connectivity index (χ0n) is 12.0. The fraction of sp³-hybridized carbons (Fsp3) is 0.250. The normalized spacial score (nSPS) is 10.9. The Bertz CT molecular complexity index is 673. The molecule has 0 unspecified atom stereocenters. The van der Waals surface area contributed by atoms with E-state index in [2.05, 4.69) is 22.2 Å². The number of imidazole rings is 1. The van der Waals surface area contributed by atoms with Crippen LogP contribution in [0.4, 0.5) is 0 Å².